The molecule has 270 valence electrons. The summed E-state index contributed by atoms with van der Waals surface area (Å²) in [6, 6.07) is 24.3. The van der Waals surface area contributed by atoms with E-state index in [0.29, 0.717) is 38.8 Å². The second kappa shape index (κ2) is 14.8. The highest BCUT2D eigenvalue weighted by Gasteiger charge is 2.49. The zero-order valence-electron chi connectivity index (χ0n) is 29.7. The molecule has 4 aliphatic rings. The SMILES string of the molecule is CN1CCN(C2(COc3nc4c(c(N5CCN(C(=O)OCc6ccccc6)[C@@H](CC#N)C5)n3)CCN(c3cccc5cccc(Cl)c35)C4)CC2)CC1. The summed E-state index contributed by atoms with van der Waals surface area (Å²) in [5.41, 5.74) is 4.06. The van der Waals surface area contributed by atoms with E-state index < -0.39 is 6.09 Å². The van der Waals surface area contributed by atoms with Crippen LogP contribution in [0.15, 0.2) is 66.7 Å². The predicted molar refractivity (Wildman–Crippen MR) is 202 cm³/mol. The normalized spacial score (nSPS) is 20.3. The quantitative estimate of drug-likeness (QED) is 0.213. The average Bonchev–Trinajstić information content (AvgIpc) is 3.97. The molecule has 1 saturated carbocycles. The fraction of sp³-hybridized carbons (Fsp3) is 0.450. The number of carbonyl (C=O) groups excluding carboxylic acids is 1. The molecule has 0 bridgehead atoms. The molecule has 3 aromatic carbocycles. The molecule has 2 saturated heterocycles. The van der Waals surface area contributed by atoms with Crippen LogP contribution in [0.5, 0.6) is 6.01 Å². The van der Waals surface area contributed by atoms with Gasteiger partial charge in [-0.2, -0.15) is 15.2 Å². The average molecular weight is 721 g/mol. The Balaban J connectivity index is 1.06. The molecule has 0 unspecified atom stereocenters. The van der Waals surface area contributed by atoms with E-state index in [4.69, 9.17) is 31.0 Å². The molecule has 1 amide bonds. The zero-order chi connectivity index (χ0) is 35.7. The molecule has 0 spiro atoms. The Morgan fingerprint density at radius 3 is 2.50 bits per heavy atom. The maximum atomic E-state index is 13.3. The number of nitrogens with zero attached hydrogens (tertiary/aromatic N) is 8. The molecule has 1 aromatic heterocycles. The second-order valence-corrected chi connectivity index (χ2v) is 14.9. The molecule has 4 aromatic rings. The number of anilines is 2. The summed E-state index contributed by atoms with van der Waals surface area (Å²) in [6.07, 6.45) is 2.75. The number of ether oxygens (including phenoxy) is 2. The summed E-state index contributed by atoms with van der Waals surface area (Å²) in [7, 11) is 2.18. The molecule has 12 heteroatoms. The Morgan fingerprint density at radius 2 is 1.73 bits per heavy atom. The highest BCUT2D eigenvalue weighted by atomic mass is 35.5. The van der Waals surface area contributed by atoms with Crippen molar-refractivity contribution >= 4 is 40.0 Å². The highest BCUT2D eigenvalue weighted by Crippen LogP contribution is 2.43. The van der Waals surface area contributed by atoms with Crippen molar-refractivity contribution in [1.82, 2.24) is 24.7 Å². The number of carbonyl (C=O) groups is 1. The topological polar surface area (TPSA) is 101 Å². The van der Waals surface area contributed by atoms with Gasteiger partial charge in [0.05, 0.1) is 41.3 Å². The monoisotopic (exact) mass is 720 g/mol. The van der Waals surface area contributed by atoms with E-state index in [1.54, 1.807) is 4.90 Å². The minimum absolute atomic E-state index is 0.0378. The highest BCUT2D eigenvalue weighted by molar-refractivity contribution is 6.36. The van der Waals surface area contributed by atoms with Gasteiger partial charge >= 0.3 is 12.1 Å². The molecule has 4 heterocycles. The first-order valence-electron chi connectivity index (χ1n) is 18.4. The molecule has 11 nitrogen and oxygen atoms in total. The lowest BCUT2D eigenvalue weighted by atomic mass is 10.0. The molecule has 52 heavy (non-hydrogen) atoms. The lowest BCUT2D eigenvalue weighted by molar-refractivity contribution is 0.0649. The molecule has 3 aliphatic heterocycles. The van der Waals surface area contributed by atoms with Crippen LogP contribution < -0.4 is 14.5 Å². The van der Waals surface area contributed by atoms with Crippen LogP contribution in [-0.2, 0) is 24.3 Å². The first kappa shape index (κ1) is 34.5. The van der Waals surface area contributed by atoms with Gasteiger partial charge in [-0.25, -0.2) is 4.79 Å². The van der Waals surface area contributed by atoms with E-state index in [2.05, 4.69) is 57.0 Å². The summed E-state index contributed by atoms with van der Waals surface area (Å²) >= 11 is 6.77. The van der Waals surface area contributed by atoms with Gasteiger partial charge in [0.15, 0.2) is 0 Å². The number of benzene rings is 3. The van der Waals surface area contributed by atoms with Crippen LogP contribution in [0.25, 0.3) is 10.8 Å². The minimum Gasteiger partial charge on any atom is -0.461 e. The van der Waals surface area contributed by atoms with Gasteiger partial charge in [0.2, 0.25) is 0 Å². The second-order valence-electron chi connectivity index (χ2n) is 14.5. The summed E-state index contributed by atoms with van der Waals surface area (Å²) in [5.74, 6) is 0.834. The van der Waals surface area contributed by atoms with Crippen LogP contribution in [0.2, 0.25) is 5.02 Å². The van der Waals surface area contributed by atoms with Crippen LogP contribution in [0, 0.1) is 11.3 Å². The number of halogens is 1. The molecular weight excluding hydrogens is 676 g/mol. The summed E-state index contributed by atoms with van der Waals surface area (Å²) in [6.45, 7) is 7.73. The van der Waals surface area contributed by atoms with Crippen molar-refractivity contribution in [1.29, 1.82) is 5.26 Å². The third-order valence-electron chi connectivity index (χ3n) is 11.2. The van der Waals surface area contributed by atoms with Crippen molar-refractivity contribution in [2.75, 3.05) is 75.8 Å². The van der Waals surface area contributed by atoms with Gasteiger partial charge in [-0.3, -0.25) is 4.90 Å². The number of likely N-dealkylation sites (N-methyl/N-ethyl adjacent to an activating group) is 1. The van der Waals surface area contributed by atoms with E-state index in [1.165, 1.54) is 0 Å². The number of rotatable bonds is 9. The Kier molecular flexibility index (Phi) is 9.79. The van der Waals surface area contributed by atoms with Gasteiger partial charge in [-0.05, 0) is 49.4 Å². The summed E-state index contributed by atoms with van der Waals surface area (Å²) in [5, 5.41) is 12.7. The molecule has 1 aliphatic carbocycles. The minimum atomic E-state index is -0.402. The third kappa shape index (κ3) is 7.07. The standard InChI is InChI=1S/C40H45ClN8O3/c1-45-19-22-48(23-20-45)40(15-16-40)28-52-38-43-34-26-46(35-12-6-10-30-9-5-11-33(41)36(30)35)18-14-32(34)37(44-38)47-21-24-49(31(25-47)13-17-42)39(50)51-27-29-7-3-2-4-8-29/h2-12,31H,13-16,18-28H2,1H3/t31-/m0/s1. The largest absolute Gasteiger partial charge is 0.461 e. The smallest absolute Gasteiger partial charge is 0.410 e. The van der Waals surface area contributed by atoms with Crippen molar-refractivity contribution < 1.29 is 14.3 Å². The lowest BCUT2D eigenvalue weighted by Gasteiger charge is -2.42. The fourth-order valence-corrected chi connectivity index (χ4v) is 8.28. The number of nitriles is 1. The van der Waals surface area contributed by atoms with Gasteiger partial charge in [0, 0.05) is 69.0 Å². The molecule has 8 rings (SSSR count). The fourth-order valence-electron chi connectivity index (χ4n) is 8.01. The van der Waals surface area contributed by atoms with Crippen LogP contribution in [-0.4, -0.2) is 108 Å². The first-order valence-corrected chi connectivity index (χ1v) is 18.8. The van der Waals surface area contributed by atoms with Crippen LogP contribution in [0.3, 0.4) is 0 Å². The molecule has 1 atom stereocenters. The molecule has 3 fully saturated rings. The van der Waals surface area contributed by atoms with Crippen molar-refractivity contribution in [3.8, 4) is 12.1 Å². The number of hydrogen-bond donors (Lipinski definition) is 0. The Morgan fingerprint density at radius 1 is 0.942 bits per heavy atom. The van der Waals surface area contributed by atoms with E-state index in [-0.39, 0.29) is 24.6 Å². The number of hydrogen-bond acceptors (Lipinski definition) is 10. The van der Waals surface area contributed by atoms with Crippen molar-refractivity contribution in [2.45, 2.75) is 50.4 Å². The molecular formula is C40H45ClN8O3. The Labute approximate surface area is 310 Å². The molecule has 0 N–H and O–H groups in total. The van der Waals surface area contributed by atoms with Crippen LogP contribution in [0.4, 0.5) is 16.3 Å². The van der Waals surface area contributed by atoms with E-state index >= 15 is 0 Å². The van der Waals surface area contributed by atoms with E-state index in [9.17, 15) is 10.1 Å². The third-order valence-corrected chi connectivity index (χ3v) is 11.5. The maximum absolute atomic E-state index is 13.3. The first-order chi connectivity index (χ1) is 25.4. The molecule has 0 radical (unpaired) electrons. The van der Waals surface area contributed by atoms with Crippen LogP contribution in [0.1, 0.15) is 36.1 Å². The van der Waals surface area contributed by atoms with Gasteiger partial charge < -0.3 is 29.1 Å². The van der Waals surface area contributed by atoms with Crippen molar-refractivity contribution in [2.24, 2.45) is 0 Å². The predicted octanol–water partition coefficient (Wildman–Crippen LogP) is 5.75. The van der Waals surface area contributed by atoms with Crippen molar-refractivity contribution in [3.05, 3.63) is 88.6 Å². The van der Waals surface area contributed by atoms with Gasteiger partial charge in [-0.1, -0.05) is 66.2 Å². The number of aromatic nitrogens is 2. The zero-order valence-corrected chi connectivity index (χ0v) is 30.5. The number of fused-ring (bicyclic) bond motifs is 2. The summed E-state index contributed by atoms with van der Waals surface area (Å²) in [4.78, 5) is 34.7. The van der Waals surface area contributed by atoms with E-state index in [0.717, 1.165) is 96.1 Å². The van der Waals surface area contributed by atoms with E-state index in [1.807, 2.05) is 42.5 Å². The van der Waals surface area contributed by atoms with Crippen molar-refractivity contribution in [3.63, 3.8) is 0 Å². The number of amides is 1. The maximum Gasteiger partial charge on any atom is 0.410 e. The Bertz CT molecular complexity index is 1950. The van der Waals surface area contributed by atoms with Gasteiger partial charge in [0.25, 0.3) is 0 Å². The summed E-state index contributed by atoms with van der Waals surface area (Å²) < 4.78 is 12.3. The van der Waals surface area contributed by atoms with Crippen LogP contribution >= 0.6 is 11.6 Å². The van der Waals surface area contributed by atoms with Gasteiger partial charge in [-0.15, -0.1) is 0 Å². The lowest BCUT2D eigenvalue weighted by Crippen LogP contribution is -2.56. The Hall–Kier alpha value is -4.63. The van der Waals surface area contributed by atoms with Gasteiger partial charge in [0.1, 0.15) is 19.0 Å². The number of piperazine rings is 2.